The molecule has 1 aliphatic carbocycles. The third kappa shape index (κ3) is 8.28. The molecule has 7 nitrogen and oxygen atoms in total. The molecule has 1 fully saturated rings. The minimum absolute atomic E-state index is 0.294. The SMILES string of the molecule is CCOC(Cc1ccc(OCCN(CC2CCC2)C(=O)Oc2ccc(C(C)C)cc2)cc1)C(=O)O. The molecule has 1 saturated carbocycles. The summed E-state index contributed by atoms with van der Waals surface area (Å²) in [6.07, 6.45) is 2.55. The zero-order valence-corrected chi connectivity index (χ0v) is 20.9. The fourth-order valence-corrected chi connectivity index (χ4v) is 3.96. The van der Waals surface area contributed by atoms with Crippen LogP contribution < -0.4 is 9.47 Å². The standard InChI is InChI=1S/C28H37NO6/c1-4-33-26(27(30)31)18-21-8-12-24(13-9-21)34-17-16-29(19-22-6-5-7-22)28(32)35-25-14-10-23(11-15-25)20(2)3/h8-15,20,22,26H,4-7,16-19H2,1-3H3,(H,30,31). The van der Waals surface area contributed by atoms with Gasteiger partial charge in [0.1, 0.15) is 18.1 Å². The summed E-state index contributed by atoms with van der Waals surface area (Å²) in [5, 5.41) is 9.25. The molecule has 0 saturated heterocycles. The minimum atomic E-state index is -0.971. The van der Waals surface area contributed by atoms with Crippen LogP contribution in [-0.2, 0) is 16.0 Å². The first-order chi connectivity index (χ1) is 16.9. The first-order valence-electron chi connectivity index (χ1n) is 12.5. The molecule has 7 heteroatoms. The number of carboxylic acid groups (broad SMARTS) is 1. The molecular weight excluding hydrogens is 446 g/mol. The summed E-state index contributed by atoms with van der Waals surface area (Å²) in [6, 6.07) is 15.0. The van der Waals surface area contributed by atoms with Crippen LogP contribution in [0, 0.1) is 5.92 Å². The lowest BCUT2D eigenvalue weighted by atomic mass is 9.85. The Bertz CT molecular complexity index is 937. The molecule has 0 aromatic heterocycles. The van der Waals surface area contributed by atoms with E-state index < -0.39 is 12.1 Å². The van der Waals surface area contributed by atoms with Crippen molar-refractivity contribution in [2.75, 3.05) is 26.3 Å². The highest BCUT2D eigenvalue weighted by Crippen LogP contribution is 2.27. The van der Waals surface area contributed by atoms with Crippen LogP contribution in [0.3, 0.4) is 0 Å². The van der Waals surface area contributed by atoms with Crippen molar-refractivity contribution in [2.24, 2.45) is 5.92 Å². The third-order valence-electron chi connectivity index (χ3n) is 6.33. The van der Waals surface area contributed by atoms with E-state index >= 15 is 0 Å². The van der Waals surface area contributed by atoms with Gasteiger partial charge in [-0.3, -0.25) is 0 Å². The molecule has 1 atom stereocenters. The van der Waals surface area contributed by atoms with Crippen LogP contribution in [0.1, 0.15) is 57.1 Å². The molecule has 1 amide bonds. The molecule has 0 aliphatic heterocycles. The fraction of sp³-hybridized carbons (Fsp3) is 0.500. The third-order valence-corrected chi connectivity index (χ3v) is 6.33. The van der Waals surface area contributed by atoms with Gasteiger partial charge in [0.05, 0.1) is 6.54 Å². The number of ether oxygens (including phenoxy) is 3. The Morgan fingerprint density at radius 3 is 2.23 bits per heavy atom. The van der Waals surface area contributed by atoms with E-state index in [0.29, 0.717) is 56.1 Å². The quantitative estimate of drug-likeness (QED) is 0.404. The molecule has 1 unspecified atom stereocenters. The first kappa shape index (κ1) is 26.5. The second-order valence-electron chi connectivity index (χ2n) is 9.31. The van der Waals surface area contributed by atoms with E-state index in [1.54, 1.807) is 11.8 Å². The molecule has 2 aromatic carbocycles. The zero-order chi connectivity index (χ0) is 25.2. The number of benzene rings is 2. The van der Waals surface area contributed by atoms with Crippen molar-refractivity contribution in [1.82, 2.24) is 4.90 Å². The normalized spacial score (nSPS) is 14.3. The summed E-state index contributed by atoms with van der Waals surface area (Å²) in [6.45, 7) is 7.81. The molecule has 0 bridgehead atoms. The second kappa shape index (κ2) is 13.1. The van der Waals surface area contributed by atoms with Gasteiger partial charge in [0.2, 0.25) is 0 Å². The van der Waals surface area contributed by atoms with Gasteiger partial charge < -0.3 is 24.2 Å². The van der Waals surface area contributed by atoms with Gasteiger partial charge in [-0.05, 0) is 67.0 Å². The van der Waals surface area contributed by atoms with Crippen molar-refractivity contribution >= 4 is 12.1 Å². The number of rotatable bonds is 13. The Kier molecular flexibility index (Phi) is 9.97. The predicted molar refractivity (Wildman–Crippen MR) is 134 cm³/mol. The summed E-state index contributed by atoms with van der Waals surface area (Å²) < 4.78 is 16.8. The molecule has 3 rings (SSSR count). The number of carbonyl (C=O) groups is 2. The molecule has 0 heterocycles. The highest BCUT2D eigenvalue weighted by atomic mass is 16.6. The van der Waals surface area contributed by atoms with Gasteiger partial charge in [-0.2, -0.15) is 0 Å². The largest absolute Gasteiger partial charge is 0.492 e. The maximum Gasteiger partial charge on any atom is 0.415 e. The molecule has 35 heavy (non-hydrogen) atoms. The lowest BCUT2D eigenvalue weighted by Crippen LogP contribution is -2.41. The molecular formula is C28H37NO6. The zero-order valence-electron chi connectivity index (χ0n) is 20.9. The average molecular weight is 484 g/mol. The number of carboxylic acids is 1. The van der Waals surface area contributed by atoms with Crippen molar-refractivity contribution in [1.29, 1.82) is 0 Å². The van der Waals surface area contributed by atoms with E-state index in [1.165, 1.54) is 12.0 Å². The number of aliphatic carboxylic acids is 1. The molecule has 1 N–H and O–H groups in total. The van der Waals surface area contributed by atoms with Crippen LogP contribution in [0.4, 0.5) is 4.79 Å². The predicted octanol–water partition coefficient (Wildman–Crippen LogP) is 5.52. The van der Waals surface area contributed by atoms with Crippen LogP contribution in [-0.4, -0.2) is 54.5 Å². The number of amides is 1. The maximum atomic E-state index is 12.9. The summed E-state index contributed by atoms with van der Waals surface area (Å²) in [5.74, 6) is 1.17. The van der Waals surface area contributed by atoms with Gasteiger partial charge in [-0.1, -0.05) is 44.5 Å². The van der Waals surface area contributed by atoms with E-state index in [-0.39, 0.29) is 6.09 Å². The van der Waals surface area contributed by atoms with E-state index in [1.807, 2.05) is 48.5 Å². The highest BCUT2D eigenvalue weighted by molar-refractivity contribution is 5.72. The average Bonchev–Trinajstić information content (AvgIpc) is 2.81. The van der Waals surface area contributed by atoms with Crippen LogP contribution >= 0.6 is 0 Å². The molecule has 1 aliphatic rings. The van der Waals surface area contributed by atoms with Gasteiger partial charge >= 0.3 is 12.1 Å². The Balaban J connectivity index is 1.52. The van der Waals surface area contributed by atoms with Crippen LogP contribution in [0.15, 0.2) is 48.5 Å². The van der Waals surface area contributed by atoms with Gasteiger partial charge in [0, 0.05) is 19.6 Å². The highest BCUT2D eigenvalue weighted by Gasteiger charge is 2.25. The Morgan fingerprint density at radius 2 is 1.69 bits per heavy atom. The smallest absolute Gasteiger partial charge is 0.415 e. The number of hydrogen-bond acceptors (Lipinski definition) is 5. The van der Waals surface area contributed by atoms with Crippen molar-refractivity contribution in [2.45, 2.75) is 58.5 Å². The summed E-state index contributed by atoms with van der Waals surface area (Å²) in [7, 11) is 0. The van der Waals surface area contributed by atoms with Crippen molar-refractivity contribution in [3.05, 3.63) is 59.7 Å². The van der Waals surface area contributed by atoms with E-state index in [2.05, 4.69) is 13.8 Å². The number of carbonyl (C=O) groups excluding carboxylic acids is 1. The van der Waals surface area contributed by atoms with Crippen molar-refractivity contribution in [3.8, 4) is 11.5 Å². The van der Waals surface area contributed by atoms with Crippen molar-refractivity contribution < 1.29 is 28.9 Å². The van der Waals surface area contributed by atoms with E-state index in [0.717, 1.165) is 18.4 Å². The first-order valence-corrected chi connectivity index (χ1v) is 12.5. The summed E-state index contributed by atoms with van der Waals surface area (Å²) in [4.78, 5) is 25.9. The van der Waals surface area contributed by atoms with Crippen LogP contribution in [0.25, 0.3) is 0 Å². The van der Waals surface area contributed by atoms with Gasteiger partial charge in [0.25, 0.3) is 0 Å². The van der Waals surface area contributed by atoms with E-state index in [4.69, 9.17) is 14.2 Å². The lowest BCUT2D eigenvalue weighted by molar-refractivity contribution is -0.149. The van der Waals surface area contributed by atoms with Crippen LogP contribution in [0.2, 0.25) is 0 Å². The van der Waals surface area contributed by atoms with Gasteiger partial charge in [-0.25, -0.2) is 9.59 Å². The summed E-state index contributed by atoms with van der Waals surface area (Å²) >= 11 is 0. The molecule has 0 radical (unpaired) electrons. The lowest BCUT2D eigenvalue weighted by Gasteiger charge is -2.31. The summed E-state index contributed by atoms with van der Waals surface area (Å²) in [5.41, 5.74) is 2.06. The molecule has 2 aromatic rings. The minimum Gasteiger partial charge on any atom is -0.492 e. The topological polar surface area (TPSA) is 85.3 Å². The second-order valence-corrected chi connectivity index (χ2v) is 9.31. The number of nitrogens with zero attached hydrogens (tertiary/aromatic N) is 1. The number of hydrogen-bond donors (Lipinski definition) is 1. The maximum absolute atomic E-state index is 12.9. The fourth-order valence-electron chi connectivity index (χ4n) is 3.96. The van der Waals surface area contributed by atoms with Gasteiger partial charge in [0.15, 0.2) is 6.10 Å². The Morgan fingerprint density at radius 1 is 1.03 bits per heavy atom. The Labute approximate surface area is 208 Å². The van der Waals surface area contributed by atoms with E-state index in [9.17, 15) is 14.7 Å². The van der Waals surface area contributed by atoms with Crippen molar-refractivity contribution in [3.63, 3.8) is 0 Å². The van der Waals surface area contributed by atoms with Crippen LogP contribution in [0.5, 0.6) is 11.5 Å². The monoisotopic (exact) mass is 483 g/mol. The molecule has 190 valence electrons. The Hall–Kier alpha value is -3.06. The van der Waals surface area contributed by atoms with Gasteiger partial charge in [-0.15, -0.1) is 0 Å². The molecule has 0 spiro atoms.